The van der Waals surface area contributed by atoms with Crippen molar-refractivity contribution in [2.75, 3.05) is 34.2 Å². The van der Waals surface area contributed by atoms with Gasteiger partial charge in [0.15, 0.2) is 0 Å². The van der Waals surface area contributed by atoms with E-state index < -0.39 is 16.6 Å². The highest BCUT2D eigenvalue weighted by Gasteiger charge is 2.19. The Balaban J connectivity index is 2.92. The molecule has 0 saturated carbocycles. The lowest BCUT2D eigenvalue weighted by atomic mass is 10.1. The highest BCUT2D eigenvalue weighted by atomic mass is 19.1. The average molecular weight is 269 g/mol. The minimum atomic E-state index is -0.757. The average Bonchev–Trinajstić information content (AvgIpc) is 2.35. The number of nitrogens with zero attached hydrogens (tertiary/aromatic N) is 3. The van der Waals surface area contributed by atoms with Gasteiger partial charge in [-0.05, 0) is 20.2 Å². The molecule has 104 valence electrons. The van der Waals surface area contributed by atoms with E-state index in [4.69, 9.17) is 0 Å². The van der Waals surface area contributed by atoms with Gasteiger partial charge >= 0.3 is 0 Å². The fraction of sp³-hybridized carbons (Fsp3) is 0.417. The maximum atomic E-state index is 13.6. The van der Waals surface area contributed by atoms with Crippen molar-refractivity contribution in [3.05, 3.63) is 39.7 Å². The van der Waals surface area contributed by atoms with Crippen LogP contribution in [0.3, 0.4) is 0 Å². The van der Waals surface area contributed by atoms with Crippen LogP contribution in [0.5, 0.6) is 0 Å². The molecule has 0 fully saturated rings. The fourth-order valence-electron chi connectivity index (χ4n) is 1.45. The van der Waals surface area contributed by atoms with Crippen LogP contribution in [0.2, 0.25) is 0 Å². The second-order valence-electron chi connectivity index (χ2n) is 4.45. The molecule has 19 heavy (non-hydrogen) atoms. The third-order valence-corrected chi connectivity index (χ3v) is 2.62. The van der Waals surface area contributed by atoms with Crippen molar-refractivity contribution in [3.63, 3.8) is 0 Å². The normalized spacial score (nSPS) is 10.6. The van der Waals surface area contributed by atoms with Gasteiger partial charge in [0.25, 0.3) is 11.6 Å². The third-order valence-electron chi connectivity index (χ3n) is 2.62. The van der Waals surface area contributed by atoms with Crippen LogP contribution in [0.1, 0.15) is 10.4 Å². The molecule has 6 nitrogen and oxygen atoms in total. The summed E-state index contributed by atoms with van der Waals surface area (Å²) in [6.45, 7) is 1.03. The van der Waals surface area contributed by atoms with Crippen LogP contribution in [0, 0.1) is 15.9 Å². The predicted molar refractivity (Wildman–Crippen MR) is 68.6 cm³/mol. The number of hydrogen-bond donors (Lipinski definition) is 0. The molecule has 0 N–H and O–H groups in total. The number of non-ortho nitro benzene ring substituents is 1. The van der Waals surface area contributed by atoms with Crippen molar-refractivity contribution in [1.29, 1.82) is 0 Å². The molecular weight excluding hydrogens is 253 g/mol. The maximum Gasteiger partial charge on any atom is 0.270 e. The number of likely N-dealkylation sites (N-methyl/N-ethyl adjacent to an activating group) is 2. The first-order valence-corrected chi connectivity index (χ1v) is 5.67. The van der Waals surface area contributed by atoms with E-state index in [2.05, 4.69) is 0 Å². The molecule has 0 atom stereocenters. The van der Waals surface area contributed by atoms with Gasteiger partial charge in [0.1, 0.15) is 5.82 Å². The minimum Gasteiger partial charge on any atom is -0.340 e. The van der Waals surface area contributed by atoms with Crippen molar-refractivity contribution in [2.45, 2.75) is 0 Å². The molecular formula is C12H16FN3O3. The summed E-state index contributed by atoms with van der Waals surface area (Å²) in [7, 11) is 5.24. The van der Waals surface area contributed by atoms with Crippen molar-refractivity contribution in [2.24, 2.45) is 0 Å². The molecule has 0 bridgehead atoms. The van der Waals surface area contributed by atoms with Gasteiger partial charge in [-0.3, -0.25) is 14.9 Å². The van der Waals surface area contributed by atoms with Crippen molar-refractivity contribution in [3.8, 4) is 0 Å². The number of nitro benzene ring substituents is 1. The summed E-state index contributed by atoms with van der Waals surface area (Å²) in [4.78, 5) is 25.2. The smallest absolute Gasteiger partial charge is 0.270 e. The Labute approximate surface area is 110 Å². The zero-order valence-electron chi connectivity index (χ0n) is 11.1. The van der Waals surface area contributed by atoms with E-state index in [0.29, 0.717) is 13.1 Å². The zero-order valence-corrected chi connectivity index (χ0v) is 11.1. The number of carbonyl (C=O) groups excluding carboxylic acids is 1. The molecule has 0 unspecified atom stereocenters. The Kier molecular flexibility index (Phi) is 4.94. The molecule has 0 aliphatic carbocycles. The van der Waals surface area contributed by atoms with Crippen LogP contribution >= 0.6 is 0 Å². The molecule has 0 aromatic heterocycles. The monoisotopic (exact) mass is 269 g/mol. The van der Waals surface area contributed by atoms with Gasteiger partial charge in [-0.2, -0.15) is 0 Å². The number of amides is 1. The molecule has 0 spiro atoms. The Bertz CT molecular complexity index is 491. The van der Waals surface area contributed by atoms with E-state index in [1.54, 1.807) is 0 Å². The predicted octanol–water partition coefficient (Wildman–Crippen LogP) is 1.37. The number of nitro groups is 1. The molecule has 0 radical (unpaired) electrons. The van der Waals surface area contributed by atoms with Crippen molar-refractivity contribution < 1.29 is 14.1 Å². The second kappa shape index (κ2) is 6.24. The van der Waals surface area contributed by atoms with Gasteiger partial charge in [-0.15, -0.1) is 0 Å². The lowest BCUT2D eigenvalue weighted by Gasteiger charge is -2.19. The summed E-state index contributed by atoms with van der Waals surface area (Å²) in [5.74, 6) is -1.32. The summed E-state index contributed by atoms with van der Waals surface area (Å²) in [5, 5.41) is 10.6. The van der Waals surface area contributed by atoms with E-state index >= 15 is 0 Å². The molecule has 1 aromatic carbocycles. The number of rotatable bonds is 5. The van der Waals surface area contributed by atoms with Gasteiger partial charge in [0, 0.05) is 32.3 Å². The highest BCUT2D eigenvalue weighted by Crippen LogP contribution is 2.18. The summed E-state index contributed by atoms with van der Waals surface area (Å²) >= 11 is 0. The lowest BCUT2D eigenvalue weighted by Crippen LogP contribution is -2.34. The highest BCUT2D eigenvalue weighted by molar-refractivity contribution is 5.95. The zero-order chi connectivity index (χ0) is 14.6. The maximum absolute atomic E-state index is 13.6. The van der Waals surface area contributed by atoms with E-state index in [-0.39, 0.29) is 11.3 Å². The largest absolute Gasteiger partial charge is 0.340 e. The molecule has 1 amide bonds. The summed E-state index contributed by atoms with van der Waals surface area (Å²) < 4.78 is 13.6. The number of carbonyl (C=O) groups is 1. The van der Waals surface area contributed by atoms with Crippen LogP contribution in [-0.4, -0.2) is 54.9 Å². The Morgan fingerprint density at radius 1 is 1.32 bits per heavy atom. The molecule has 0 saturated heterocycles. The standard InChI is InChI=1S/C12H16FN3O3/c1-14(2)6-7-15(3)12(17)10-8-9(16(18)19)4-5-11(10)13/h4-5,8H,6-7H2,1-3H3. The SMILES string of the molecule is CN(C)CCN(C)C(=O)c1cc([N+](=O)[O-])ccc1F. The second-order valence-corrected chi connectivity index (χ2v) is 4.45. The summed E-state index contributed by atoms with van der Waals surface area (Å²) in [5.41, 5.74) is -0.582. The van der Waals surface area contributed by atoms with Crippen LogP contribution in [-0.2, 0) is 0 Å². The topological polar surface area (TPSA) is 66.7 Å². The minimum absolute atomic E-state index is 0.282. The summed E-state index contributed by atoms with van der Waals surface area (Å²) in [6, 6.07) is 2.93. The van der Waals surface area contributed by atoms with E-state index in [9.17, 15) is 19.3 Å². The van der Waals surface area contributed by atoms with Crippen LogP contribution < -0.4 is 0 Å². The third kappa shape index (κ3) is 3.99. The number of hydrogen-bond acceptors (Lipinski definition) is 4. The molecule has 0 heterocycles. The van der Waals surface area contributed by atoms with E-state index in [0.717, 1.165) is 18.2 Å². The Hall–Kier alpha value is -2.02. The first kappa shape index (κ1) is 15.0. The van der Waals surface area contributed by atoms with Crippen LogP contribution in [0.15, 0.2) is 18.2 Å². The first-order valence-electron chi connectivity index (χ1n) is 5.67. The van der Waals surface area contributed by atoms with Gasteiger partial charge in [-0.1, -0.05) is 0 Å². The molecule has 0 aliphatic rings. The number of benzene rings is 1. The van der Waals surface area contributed by atoms with Crippen LogP contribution in [0.4, 0.5) is 10.1 Å². The van der Waals surface area contributed by atoms with Crippen LogP contribution in [0.25, 0.3) is 0 Å². The number of halogens is 1. The van der Waals surface area contributed by atoms with E-state index in [1.807, 2.05) is 19.0 Å². The Morgan fingerprint density at radius 3 is 2.47 bits per heavy atom. The quantitative estimate of drug-likeness (QED) is 0.598. The fourth-order valence-corrected chi connectivity index (χ4v) is 1.45. The lowest BCUT2D eigenvalue weighted by molar-refractivity contribution is -0.384. The van der Waals surface area contributed by atoms with Gasteiger partial charge < -0.3 is 9.80 Å². The van der Waals surface area contributed by atoms with Gasteiger partial charge in [-0.25, -0.2) is 4.39 Å². The van der Waals surface area contributed by atoms with Crippen molar-refractivity contribution in [1.82, 2.24) is 9.80 Å². The summed E-state index contributed by atoms with van der Waals surface area (Å²) in [6.07, 6.45) is 0. The Morgan fingerprint density at radius 2 is 1.95 bits per heavy atom. The molecule has 0 aliphatic heterocycles. The molecule has 7 heteroatoms. The van der Waals surface area contributed by atoms with E-state index in [1.165, 1.54) is 11.9 Å². The molecule has 1 rings (SSSR count). The van der Waals surface area contributed by atoms with Gasteiger partial charge in [0.2, 0.25) is 0 Å². The first-order chi connectivity index (χ1) is 8.82. The van der Waals surface area contributed by atoms with Gasteiger partial charge in [0.05, 0.1) is 10.5 Å². The molecule has 1 aromatic rings. The van der Waals surface area contributed by atoms with Crippen molar-refractivity contribution >= 4 is 11.6 Å².